The fourth-order valence-electron chi connectivity index (χ4n) is 2.35. The van der Waals surface area contributed by atoms with Crippen LogP contribution in [0.4, 0.5) is 14.5 Å². The third-order valence-corrected chi connectivity index (χ3v) is 5.28. The van der Waals surface area contributed by atoms with Gasteiger partial charge in [0.05, 0.1) is 10.3 Å². The number of nitrogens with one attached hydrogen (secondary N) is 1. The molecule has 0 spiro atoms. The fourth-order valence-corrected chi connectivity index (χ4v) is 3.38. The summed E-state index contributed by atoms with van der Waals surface area (Å²) in [6.45, 7) is 1.61. The van der Waals surface area contributed by atoms with Gasteiger partial charge in [-0.15, -0.1) is 10.2 Å². The number of thioether (sulfide) groups is 1. The summed E-state index contributed by atoms with van der Waals surface area (Å²) in [4.78, 5) is 12.3. The van der Waals surface area contributed by atoms with Gasteiger partial charge in [-0.2, -0.15) is 0 Å². The van der Waals surface area contributed by atoms with Crippen LogP contribution in [-0.2, 0) is 11.8 Å². The van der Waals surface area contributed by atoms with Crippen LogP contribution in [-0.4, -0.2) is 25.9 Å². The van der Waals surface area contributed by atoms with Gasteiger partial charge in [-0.25, -0.2) is 8.78 Å². The molecule has 0 aliphatic heterocycles. The first kappa shape index (κ1) is 19.3. The number of rotatable bonds is 5. The van der Waals surface area contributed by atoms with Crippen LogP contribution in [0, 0.1) is 11.6 Å². The predicted molar refractivity (Wildman–Crippen MR) is 102 cm³/mol. The van der Waals surface area contributed by atoms with Crippen molar-refractivity contribution in [3.05, 3.63) is 59.1 Å². The van der Waals surface area contributed by atoms with E-state index in [1.165, 1.54) is 6.07 Å². The molecule has 3 aromatic rings. The lowest BCUT2D eigenvalue weighted by molar-refractivity contribution is -0.115. The molecule has 140 valence electrons. The van der Waals surface area contributed by atoms with Crippen molar-refractivity contribution in [3.63, 3.8) is 0 Å². The topological polar surface area (TPSA) is 59.8 Å². The lowest BCUT2D eigenvalue weighted by Gasteiger charge is -2.12. The standard InChI is InChI=1S/C18H15ClF2N4OS/c1-10(17(26)22-15-13(20)8-5-9-14(15)21)27-18-24-23-16(25(18)2)11-6-3-4-7-12(11)19/h3-10H,1-2H3,(H,22,26)/t10-/m0/s1. The van der Waals surface area contributed by atoms with Crippen LogP contribution in [0.2, 0.25) is 5.02 Å². The lowest BCUT2D eigenvalue weighted by Crippen LogP contribution is -2.24. The number of anilines is 1. The Morgan fingerprint density at radius 2 is 1.81 bits per heavy atom. The van der Waals surface area contributed by atoms with Crippen molar-refractivity contribution in [1.29, 1.82) is 0 Å². The minimum absolute atomic E-state index is 0.468. The number of benzene rings is 2. The molecule has 1 heterocycles. The number of carbonyl (C=O) groups is 1. The molecule has 2 aromatic carbocycles. The summed E-state index contributed by atoms with van der Waals surface area (Å²) in [7, 11) is 1.75. The molecule has 0 saturated heterocycles. The largest absolute Gasteiger partial charge is 0.320 e. The van der Waals surface area contributed by atoms with E-state index >= 15 is 0 Å². The van der Waals surface area contributed by atoms with Crippen molar-refractivity contribution >= 4 is 35.0 Å². The summed E-state index contributed by atoms with van der Waals surface area (Å²) >= 11 is 7.31. The van der Waals surface area contributed by atoms with E-state index in [-0.39, 0.29) is 0 Å². The van der Waals surface area contributed by atoms with Gasteiger partial charge in [0.25, 0.3) is 0 Å². The van der Waals surface area contributed by atoms with E-state index in [4.69, 9.17) is 11.6 Å². The van der Waals surface area contributed by atoms with Crippen LogP contribution in [0.1, 0.15) is 6.92 Å². The maximum absolute atomic E-state index is 13.7. The van der Waals surface area contributed by atoms with Gasteiger partial charge in [0.15, 0.2) is 11.0 Å². The number of aromatic nitrogens is 3. The highest BCUT2D eigenvalue weighted by Gasteiger charge is 2.22. The van der Waals surface area contributed by atoms with Crippen LogP contribution in [0.5, 0.6) is 0 Å². The van der Waals surface area contributed by atoms with Crippen molar-refractivity contribution in [2.45, 2.75) is 17.3 Å². The van der Waals surface area contributed by atoms with Gasteiger partial charge in [-0.1, -0.05) is 41.6 Å². The smallest absolute Gasteiger partial charge is 0.237 e. The molecule has 3 rings (SSSR count). The van der Waals surface area contributed by atoms with E-state index in [1.807, 2.05) is 18.2 Å². The highest BCUT2D eigenvalue weighted by Crippen LogP contribution is 2.30. The van der Waals surface area contributed by atoms with Crippen molar-refractivity contribution in [2.75, 3.05) is 5.32 Å². The van der Waals surface area contributed by atoms with Crippen LogP contribution < -0.4 is 5.32 Å². The summed E-state index contributed by atoms with van der Waals surface area (Å²) in [5.41, 5.74) is 0.247. The summed E-state index contributed by atoms with van der Waals surface area (Å²) < 4.78 is 29.1. The Morgan fingerprint density at radius 3 is 2.48 bits per heavy atom. The second-order valence-corrected chi connectivity index (χ2v) is 7.41. The minimum atomic E-state index is -0.833. The zero-order valence-corrected chi connectivity index (χ0v) is 16.0. The van der Waals surface area contributed by atoms with Gasteiger partial charge < -0.3 is 9.88 Å². The first-order valence-corrected chi connectivity index (χ1v) is 9.20. The Bertz CT molecular complexity index is 975. The van der Waals surface area contributed by atoms with Crippen molar-refractivity contribution in [1.82, 2.24) is 14.8 Å². The summed E-state index contributed by atoms with van der Waals surface area (Å²) in [6.07, 6.45) is 0. The average Bonchev–Trinajstić information content (AvgIpc) is 2.99. The molecule has 1 N–H and O–H groups in total. The molecule has 5 nitrogen and oxygen atoms in total. The summed E-state index contributed by atoms with van der Waals surface area (Å²) in [5, 5.41) is 10.8. The van der Waals surface area contributed by atoms with Crippen molar-refractivity contribution in [3.8, 4) is 11.4 Å². The predicted octanol–water partition coefficient (Wildman–Crippen LogP) is 4.53. The molecule has 0 aliphatic rings. The van der Waals surface area contributed by atoms with Gasteiger partial charge in [0.1, 0.15) is 17.3 Å². The summed E-state index contributed by atoms with van der Waals surface area (Å²) in [5.74, 6) is -1.66. The first-order valence-electron chi connectivity index (χ1n) is 7.94. The van der Waals surface area contributed by atoms with Gasteiger partial charge in [0, 0.05) is 12.6 Å². The second kappa shape index (κ2) is 8.06. The van der Waals surface area contributed by atoms with Gasteiger partial charge in [0.2, 0.25) is 5.91 Å². The highest BCUT2D eigenvalue weighted by atomic mass is 35.5. The minimum Gasteiger partial charge on any atom is -0.320 e. The first-order chi connectivity index (χ1) is 12.9. The van der Waals surface area contributed by atoms with Crippen LogP contribution >= 0.6 is 23.4 Å². The molecule has 0 fully saturated rings. The van der Waals surface area contributed by atoms with E-state index in [0.29, 0.717) is 21.6 Å². The number of hydrogen-bond acceptors (Lipinski definition) is 4. The highest BCUT2D eigenvalue weighted by molar-refractivity contribution is 8.00. The zero-order chi connectivity index (χ0) is 19.6. The molecule has 0 radical (unpaired) electrons. The van der Waals surface area contributed by atoms with Crippen molar-refractivity contribution < 1.29 is 13.6 Å². The molecule has 0 saturated carbocycles. The number of nitrogens with zero attached hydrogens (tertiary/aromatic N) is 3. The second-order valence-electron chi connectivity index (χ2n) is 5.69. The molecule has 0 unspecified atom stereocenters. The SMILES string of the molecule is C[C@H](Sc1nnc(-c2ccccc2Cl)n1C)C(=O)Nc1c(F)cccc1F. The van der Waals surface area contributed by atoms with Gasteiger partial charge in [-0.05, 0) is 31.2 Å². The normalized spacial score (nSPS) is 12.0. The lowest BCUT2D eigenvalue weighted by atomic mass is 10.2. The Labute approximate surface area is 163 Å². The fraction of sp³-hybridized carbons (Fsp3) is 0.167. The zero-order valence-electron chi connectivity index (χ0n) is 14.4. The number of halogens is 3. The van der Waals surface area contributed by atoms with Crippen LogP contribution in [0.15, 0.2) is 47.6 Å². The molecule has 0 bridgehead atoms. The third kappa shape index (κ3) is 4.12. The number of carbonyl (C=O) groups excluding carboxylic acids is 1. The number of amides is 1. The molecular formula is C18H15ClF2N4OS. The van der Waals surface area contributed by atoms with Crippen LogP contribution in [0.3, 0.4) is 0 Å². The van der Waals surface area contributed by atoms with Crippen LogP contribution in [0.25, 0.3) is 11.4 Å². The maximum Gasteiger partial charge on any atom is 0.237 e. The molecule has 1 atom stereocenters. The van der Waals surface area contributed by atoms with E-state index in [0.717, 1.165) is 23.9 Å². The van der Waals surface area contributed by atoms with E-state index in [1.54, 1.807) is 24.6 Å². The molecular weight excluding hydrogens is 394 g/mol. The Balaban J connectivity index is 1.76. The Kier molecular flexibility index (Phi) is 5.76. The maximum atomic E-state index is 13.7. The monoisotopic (exact) mass is 408 g/mol. The van der Waals surface area contributed by atoms with Gasteiger partial charge >= 0.3 is 0 Å². The quantitative estimate of drug-likeness (QED) is 0.630. The van der Waals surface area contributed by atoms with Crippen molar-refractivity contribution in [2.24, 2.45) is 7.05 Å². The third-order valence-electron chi connectivity index (χ3n) is 3.81. The Hall–Kier alpha value is -2.45. The van der Waals surface area contributed by atoms with E-state index in [2.05, 4.69) is 15.5 Å². The average molecular weight is 409 g/mol. The molecule has 1 amide bonds. The molecule has 0 aliphatic carbocycles. The number of para-hydroxylation sites is 1. The molecule has 27 heavy (non-hydrogen) atoms. The van der Waals surface area contributed by atoms with E-state index in [9.17, 15) is 13.6 Å². The number of hydrogen-bond donors (Lipinski definition) is 1. The Morgan fingerprint density at radius 1 is 1.15 bits per heavy atom. The van der Waals surface area contributed by atoms with Gasteiger partial charge in [-0.3, -0.25) is 4.79 Å². The van der Waals surface area contributed by atoms with E-state index < -0.39 is 28.5 Å². The molecule has 9 heteroatoms. The molecule has 1 aromatic heterocycles. The summed E-state index contributed by atoms with van der Waals surface area (Å²) in [6, 6.07) is 10.6.